The first-order valence-corrected chi connectivity index (χ1v) is 11.5. The summed E-state index contributed by atoms with van der Waals surface area (Å²) in [4.78, 5) is 32.1. The third-order valence-electron chi connectivity index (χ3n) is 6.04. The van der Waals surface area contributed by atoms with Crippen LogP contribution in [-0.4, -0.2) is 65.8 Å². The highest BCUT2D eigenvalue weighted by Gasteiger charge is 2.31. The van der Waals surface area contributed by atoms with Gasteiger partial charge in [-0.15, -0.1) is 0 Å². The number of nitrogens with zero attached hydrogens (tertiary/aromatic N) is 3. The lowest BCUT2D eigenvalue weighted by Gasteiger charge is -2.34. The minimum atomic E-state index is 0.0539. The van der Waals surface area contributed by atoms with E-state index in [4.69, 9.17) is 0 Å². The third-order valence-corrected chi connectivity index (χ3v) is 6.77. The summed E-state index contributed by atoms with van der Waals surface area (Å²) in [5.41, 5.74) is 2.10. The van der Waals surface area contributed by atoms with Gasteiger partial charge in [-0.1, -0.05) is 18.2 Å². The maximum absolute atomic E-state index is 13.1. The fourth-order valence-corrected chi connectivity index (χ4v) is 5.00. The molecule has 2 amide bonds. The lowest BCUT2D eigenvalue weighted by atomic mass is 9.94. The zero-order chi connectivity index (χ0) is 20.1. The Morgan fingerprint density at radius 1 is 0.897 bits per heavy atom. The van der Waals surface area contributed by atoms with Gasteiger partial charge in [0.15, 0.2) is 0 Å². The van der Waals surface area contributed by atoms with E-state index < -0.39 is 0 Å². The minimum Gasteiger partial charge on any atom is -0.341 e. The zero-order valence-corrected chi connectivity index (χ0v) is 17.7. The van der Waals surface area contributed by atoms with E-state index in [2.05, 4.69) is 26.6 Å². The first-order chi connectivity index (χ1) is 14.2. The summed E-state index contributed by atoms with van der Waals surface area (Å²) in [5.74, 6) is 0.419. The fourth-order valence-electron chi connectivity index (χ4n) is 4.34. The molecule has 0 unspecified atom stereocenters. The van der Waals surface area contributed by atoms with Gasteiger partial charge in [0.2, 0.25) is 5.91 Å². The summed E-state index contributed by atoms with van der Waals surface area (Å²) in [6, 6.07) is 11.6. The molecule has 0 bridgehead atoms. The zero-order valence-electron chi connectivity index (χ0n) is 16.8. The van der Waals surface area contributed by atoms with Crippen molar-refractivity contribution in [2.45, 2.75) is 25.8 Å². The van der Waals surface area contributed by atoms with Gasteiger partial charge >= 0.3 is 0 Å². The van der Waals surface area contributed by atoms with Crippen molar-refractivity contribution in [2.24, 2.45) is 5.92 Å². The SMILES string of the molecule is O=C(c1ccccc1)N1CCC(C(=O)N2CCCN(Cc3ccsc3)CC2)CC1. The number of carbonyl (C=O) groups is 2. The minimum absolute atomic E-state index is 0.0539. The van der Waals surface area contributed by atoms with Gasteiger partial charge in [-0.2, -0.15) is 11.3 Å². The van der Waals surface area contributed by atoms with Crippen molar-refractivity contribution in [3.63, 3.8) is 0 Å². The van der Waals surface area contributed by atoms with Crippen LogP contribution < -0.4 is 0 Å². The van der Waals surface area contributed by atoms with Crippen molar-refractivity contribution in [3.8, 4) is 0 Å². The Morgan fingerprint density at radius 2 is 1.69 bits per heavy atom. The summed E-state index contributed by atoms with van der Waals surface area (Å²) in [6.07, 6.45) is 2.57. The summed E-state index contributed by atoms with van der Waals surface area (Å²) >= 11 is 1.74. The highest BCUT2D eigenvalue weighted by Crippen LogP contribution is 2.22. The maximum atomic E-state index is 13.1. The number of hydrogen-bond acceptors (Lipinski definition) is 4. The number of hydrogen-bond donors (Lipinski definition) is 0. The van der Waals surface area contributed by atoms with Crippen LogP contribution in [0.2, 0.25) is 0 Å². The molecule has 2 aromatic rings. The standard InChI is InChI=1S/C23H29N3O2S/c27-22(20-5-2-1-3-6-20)26-12-7-21(8-13-26)23(28)25-11-4-10-24(14-15-25)17-19-9-16-29-18-19/h1-3,5-6,9,16,18,21H,4,7-8,10-15,17H2. The van der Waals surface area contributed by atoms with Crippen LogP contribution in [0.4, 0.5) is 0 Å². The topological polar surface area (TPSA) is 43.9 Å². The smallest absolute Gasteiger partial charge is 0.253 e. The van der Waals surface area contributed by atoms with E-state index in [1.807, 2.05) is 35.2 Å². The van der Waals surface area contributed by atoms with Crippen LogP contribution in [0.25, 0.3) is 0 Å². The van der Waals surface area contributed by atoms with Crippen molar-refractivity contribution < 1.29 is 9.59 Å². The van der Waals surface area contributed by atoms with Crippen LogP contribution in [0.3, 0.4) is 0 Å². The summed E-state index contributed by atoms with van der Waals surface area (Å²) < 4.78 is 0. The second kappa shape index (κ2) is 9.55. The molecule has 1 aromatic heterocycles. The van der Waals surface area contributed by atoms with Crippen LogP contribution in [0, 0.1) is 5.92 Å². The molecule has 2 saturated heterocycles. The summed E-state index contributed by atoms with van der Waals surface area (Å²) in [6.45, 7) is 5.96. The predicted octanol–water partition coefficient (Wildman–Crippen LogP) is 3.33. The molecule has 6 heteroatoms. The number of amides is 2. The van der Waals surface area contributed by atoms with Gasteiger partial charge in [-0.25, -0.2) is 0 Å². The molecular formula is C23H29N3O2S. The van der Waals surface area contributed by atoms with Crippen molar-refractivity contribution in [3.05, 3.63) is 58.3 Å². The Bertz CT molecular complexity index is 801. The third kappa shape index (κ3) is 5.06. The molecule has 0 aliphatic carbocycles. The van der Waals surface area contributed by atoms with Crippen molar-refractivity contribution in [2.75, 3.05) is 39.3 Å². The van der Waals surface area contributed by atoms with E-state index in [1.54, 1.807) is 11.3 Å². The number of thiophene rings is 1. The average Bonchev–Trinajstić information content (AvgIpc) is 3.17. The number of carbonyl (C=O) groups excluding carboxylic acids is 2. The van der Waals surface area contributed by atoms with Crippen LogP contribution in [0.15, 0.2) is 47.2 Å². The normalized spacial score (nSPS) is 19.2. The molecule has 2 aliphatic heterocycles. The molecule has 1 aromatic carbocycles. The summed E-state index contributed by atoms with van der Waals surface area (Å²) in [7, 11) is 0. The molecule has 0 spiro atoms. The van der Waals surface area contributed by atoms with Crippen LogP contribution in [-0.2, 0) is 11.3 Å². The van der Waals surface area contributed by atoms with Gasteiger partial charge in [0.1, 0.15) is 0 Å². The Morgan fingerprint density at radius 3 is 2.41 bits per heavy atom. The molecule has 154 valence electrons. The first kappa shape index (κ1) is 20.1. The maximum Gasteiger partial charge on any atom is 0.253 e. The Labute approximate surface area is 176 Å². The van der Waals surface area contributed by atoms with E-state index in [0.29, 0.717) is 13.1 Å². The molecule has 5 nitrogen and oxygen atoms in total. The van der Waals surface area contributed by atoms with E-state index in [1.165, 1.54) is 5.56 Å². The molecule has 0 N–H and O–H groups in total. The molecule has 29 heavy (non-hydrogen) atoms. The molecule has 0 saturated carbocycles. The monoisotopic (exact) mass is 411 g/mol. The van der Waals surface area contributed by atoms with Gasteiger partial charge < -0.3 is 9.80 Å². The molecule has 4 rings (SSSR count). The van der Waals surface area contributed by atoms with E-state index >= 15 is 0 Å². The van der Waals surface area contributed by atoms with E-state index in [0.717, 1.165) is 57.5 Å². The highest BCUT2D eigenvalue weighted by molar-refractivity contribution is 7.07. The van der Waals surface area contributed by atoms with Gasteiger partial charge in [0, 0.05) is 57.3 Å². The first-order valence-electron chi connectivity index (χ1n) is 10.6. The van der Waals surface area contributed by atoms with Crippen molar-refractivity contribution in [1.82, 2.24) is 14.7 Å². The lowest BCUT2D eigenvalue weighted by Crippen LogP contribution is -2.45. The summed E-state index contributed by atoms with van der Waals surface area (Å²) in [5, 5.41) is 4.33. The molecular weight excluding hydrogens is 382 g/mol. The van der Waals surface area contributed by atoms with Crippen molar-refractivity contribution >= 4 is 23.2 Å². The average molecular weight is 412 g/mol. The van der Waals surface area contributed by atoms with Crippen LogP contribution in [0.1, 0.15) is 35.2 Å². The van der Waals surface area contributed by atoms with E-state index in [9.17, 15) is 9.59 Å². The number of piperidine rings is 1. The predicted molar refractivity (Wildman–Crippen MR) is 116 cm³/mol. The van der Waals surface area contributed by atoms with E-state index in [-0.39, 0.29) is 17.7 Å². The van der Waals surface area contributed by atoms with Crippen molar-refractivity contribution in [1.29, 1.82) is 0 Å². The quantitative estimate of drug-likeness (QED) is 0.775. The van der Waals surface area contributed by atoms with Crippen LogP contribution in [0.5, 0.6) is 0 Å². The van der Waals surface area contributed by atoms with Crippen LogP contribution >= 0.6 is 11.3 Å². The van der Waals surface area contributed by atoms with Gasteiger partial charge in [0.05, 0.1) is 0 Å². The Kier molecular flexibility index (Phi) is 6.62. The largest absolute Gasteiger partial charge is 0.341 e. The highest BCUT2D eigenvalue weighted by atomic mass is 32.1. The molecule has 3 heterocycles. The second-order valence-electron chi connectivity index (χ2n) is 8.02. The molecule has 0 radical (unpaired) electrons. The fraction of sp³-hybridized carbons (Fsp3) is 0.478. The number of rotatable bonds is 4. The Balaban J connectivity index is 1.26. The van der Waals surface area contributed by atoms with Gasteiger partial charge in [-0.3, -0.25) is 14.5 Å². The van der Waals surface area contributed by atoms with Gasteiger partial charge in [-0.05, 0) is 53.8 Å². The number of likely N-dealkylation sites (tertiary alicyclic amines) is 1. The second-order valence-corrected chi connectivity index (χ2v) is 8.80. The molecule has 2 fully saturated rings. The molecule has 0 atom stereocenters. The lowest BCUT2D eigenvalue weighted by molar-refractivity contribution is -0.136. The molecule has 2 aliphatic rings. The number of benzene rings is 1. The van der Waals surface area contributed by atoms with Gasteiger partial charge in [0.25, 0.3) is 5.91 Å². The Hall–Kier alpha value is -2.18.